The molecule has 3 N–H and O–H groups in total. The number of hydrogen-bond donors (Lipinski definition) is 3. The third-order valence-corrected chi connectivity index (χ3v) is 14.2. The Hall–Kier alpha value is -1.14. The number of amides is 1. The van der Waals surface area contributed by atoms with Crippen molar-refractivity contribution in [2.75, 3.05) is 13.2 Å². The number of ether oxygens (including phenoxy) is 1. The number of aliphatic hydroxyl groups excluding tert-OH is 2. The van der Waals surface area contributed by atoms with Gasteiger partial charge in [0.05, 0.1) is 25.4 Å². The number of carbonyl (C=O) groups is 2. The summed E-state index contributed by atoms with van der Waals surface area (Å²) >= 11 is 0. The molecule has 65 heavy (non-hydrogen) atoms. The third kappa shape index (κ3) is 52.1. The highest BCUT2D eigenvalue weighted by Crippen LogP contribution is 2.18. The van der Waals surface area contributed by atoms with Crippen molar-refractivity contribution in [2.45, 2.75) is 353 Å². The molecule has 0 aromatic heterocycles. The zero-order valence-electron chi connectivity index (χ0n) is 44.3. The summed E-state index contributed by atoms with van der Waals surface area (Å²) in [6, 6.07) is -0.548. The van der Waals surface area contributed by atoms with E-state index in [9.17, 15) is 19.8 Å². The van der Waals surface area contributed by atoms with E-state index in [2.05, 4.69) is 19.2 Å². The van der Waals surface area contributed by atoms with Gasteiger partial charge in [-0.15, -0.1) is 0 Å². The fraction of sp³-hybridized carbons (Fsp3) is 0.966. The fourth-order valence-corrected chi connectivity index (χ4v) is 9.58. The number of unbranched alkanes of at least 4 members (excludes halogenated alkanes) is 45. The topological polar surface area (TPSA) is 95.9 Å². The van der Waals surface area contributed by atoms with Gasteiger partial charge in [-0.25, -0.2) is 0 Å². The number of esters is 1. The molecule has 0 fully saturated rings. The zero-order valence-corrected chi connectivity index (χ0v) is 44.3. The number of carbonyl (C=O) groups excluding carboxylic acids is 2. The molecule has 0 aliphatic heterocycles. The second-order valence-electron chi connectivity index (χ2n) is 20.7. The highest BCUT2D eigenvalue weighted by molar-refractivity contribution is 5.76. The number of nitrogens with one attached hydrogen (secondary N) is 1. The molecule has 6 heteroatoms. The Balaban J connectivity index is 3.42. The molecule has 0 rings (SSSR count). The first-order valence-corrected chi connectivity index (χ1v) is 29.8. The summed E-state index contributed by atoms with van der Waals surface area (Å²) in [6.07, 6.45) is 63.8. The Morgan fingerprint density at radius 1 is 0.369 bits per heavy atom. The van der Waals surface area contributed by atoms with Crippen LogP contribution in [0.4, 0.5) is 0 Å². The Morgan fingerprint density at radius 3 is 0.938 bits per heavy atom. The summed E-state index contributed by atoms with van der Waals surface area (Å²) in [5, 5.41) is 23.3. The van der Waals surface area contributed by atoms with Gasteiger partial charge in [-0.2, -0.15) is 0 Å². The number of hydrogen-bond acceptors (Lipinski definition) is 5. The molecule has 0 saturated carbocycles. The lowest BCUT2D eigenvalue weighted by molar-refractivity contribution is -0.143. The van der Waals surface area contributed by atoms with E-state index in [0.29, 0.717) is 25.9 Å². The van der Waals surface area contributed by atoms with Crippen molar-refractivity contribution in [2.24, 2.45) is 0 Å². The van der Waals surface area contributed by atoms with E-state index in [-0.39, 0.29) is 18.5 Å². The van der Waals surface area contributed by atoms with Crippen molar-refractivity contribution in [3.63, 3.8) is 0 Å². The minimum Gasteiger partial charge on any atom is -0.466 e. The van der Waals surface area contributed by atoms with Crippen LogP contribution < -0.4 is 5.32 Å². The van der Waals surface area contributed by atoms with E-state index in [1.54, 1.807) is 0 Å². The van der Waals surface area contributed by atoms with Crippen LogP contribution in [0.5, 0.6) is 0 Å². The summed E-state index contributed by atoms with van der Waals surface area (Å²) < 4.78 is 5.48. The van der Waals surface area contributed by atoms with Crippen molar-refractivity contribution >= 4 is 11.9 Å². The summed E-state index contributed by atoms with van der Waals surface area (Å²) in [7, 11) is 0. The largest absolute Gasteiger partial charge is 0.466 e. The second-order valence-corrected chi connectivity index (χ2v) is 20.7. The molecule has 0 heterocycles. The Morgan fingerprint density at radius 2 is 0.631 bits per heavy atom. The lowest BCUT2D eigenvalue weighted by Crippen LogP contribution is -2.45. The maximum Gasteiger partial charge on any atom is 0.305 e. The van der Waals surface area contributed by atoms with E-state index in [1.807, 2.05) is 0 Å². The van der Waals surface area contributed by atoms with Gasteiger partial charge < -0.3 is 20.3 Å². The Labute approximate surface area is 406 Å². The maximum atomic E-state index is 12.5. The molecule has 1 amide bonds. The molecule has 0 aliphatic rings. The first kappa shape index (κ1) is 63.9. The highest BCUT2D eigenvalue weighted by Gasteiger charge is 2.20. The van der Waals surface area contributed by atoms with Crippen LogP contribution in [-0.2, 0) is 14.3 Å². The second kappa shape index (κ2) is 55.5. The normalized spacial score (nSPS) is 12.5. The predicted octanol–water partition coefficient (Wildman–Crippen LogP) is 18.3. The molecule has 0 aliphatic carbocycles. The minimum absolute atomic E-state index is 0.00205. The first-order chi connectivity index (χ1) is 32.0. The quantitative estimate of drug-likeness (QED) is 0.0417. The lowest BCUT2D eigenvalue weighted by atomic mass is 10.0. The van der Waals surface area contributed by atoms with Gasteiger partial charge in [0.15, 0.2) is 0 Å². The summed E-state index contributed by atoms with van der Waals surface area (Å²) in [5.41, 5.74) is 0. The third-order valence-electron chi connectivity index (χ3n) is 14.2. The van der Waals surface area contributed by atoms with Crippen molar-refractivity contribution < 1.29 is 24.5 Å². The summed E-state index contributed by atoms with van der Waals surface area (Å²) in [5.74, 6) is -0.0392. The van der Waals surface area contributed by atoms with Gasteiger partial charge in [0, 0.05) is 12.8 Å². The monoisotopic (exact) mass is 920 g/mol. The van der Waals surface area contributed by atoms with Gasteiger partial charge in [-0.1, -0.05) is 303 Å². The molecule has 0 saturated heterocycles. The van der Waals surface area contributed by atoms with E-state index >= 15 is 0 Å². The van der Waals surface area contributed by atoms with Crippen molar-refractivity contribution in [1.29, 1.82) is 0 Å². The van der Waals surface area contributed by atoms with Gasteiger partial charge >= 0.3 is 5.97 Å². The molecule has 2 atom stereocenters. The molecule has 0 aromatic rings. The molecule has 2 unspecified atom stereocenters. The van der Waals surface area contributed by atoms with Crippen LogP contribution in [0.1, 0.15) is 341 Å². The van der Waals surface area contributed by atoms with Crippen molar-refractivity contribution in [3.05, 3.63) is 0 Å². The fourth-order valence-electron chi connectivity index (χ4n) is 9.58. The first-order valence-electron chi connectivity index (χ1n) is 29.8. The summed E-state index contributed by atoms with van der Waals surface area (Å²) in [6.45, 7) is 4.97. The van der Waals surface area contributed by atoms with Crippen LogP contribution in [-0.4, -0.2) is 47.4 Å². The molecule has 6 nitrogen and oxygen atoms in total. The van der Waals surface area contributed by atoms with E-state index < -0.39 is 12.1 Å². The molecule has 0 radical (unpaired) electrons. The van der Waals surface area contributed by atoms with Gasteiger partial charge in [0.1, 0.15) is 0 Å². The Bertz CT molecular complexity index is 928. The average molecular weight is 921 g/mol. The predicted molar refractivity (Wildman–Crippen MR) is 283 cm³/mol. The zero-order chi connectivity index (χ0) is 47.2. The van der Waals surface area contributed by atoms with Crippen LogP contribution in [0.3, 0.4) is 0 Å². The average Bonchev–Trinajstić information content (AvgIpc) is 3.31. The minimum atomic E-state index is -0.670. The SMILES string of the molecule is CCCCCCCCCCCCCCCCCCCCCC(O)C(CO)NC(=O)CCCCCCCCCCCCCCCCOC(=O)CCCCCCCCCCCCCCCCC. The number of rotatable bonds is 56. The van der Waals surface area contributed by atoms with Crippen LogP contribution in [0, 0.1) is 0 Å². The molecule has 388 valence electrons. The molecule has 0 aromatic carbocycles. The summed E-state index contributed by atoms with van der Waals surface area (Å²) in [4.78, 5) is 24.6. The van der Waals surface area contributed by atoms with Crippen molar-refractivity contribution in [3.8, 4) is 0 Å². The molecular formula is C59H117NO5. The van der Waals surface area contributed by atoms with E-state index in [0.717, 1.165) is 51.4 Å². The Kier molecular flexibility index (Phi) is 54.5. The molecule has 0 spiro atoms. The molecule has 0 bridgehead atoms. The van der Waals surface area contributed by atoms with Crippen molar-refractivity contribution in [1.82, 2.24) is 5.32 Å². The van der Waals surface area contributed by atoms with Gasteiger partial charge in [0.25, 0.3) is 0 Å². The maximum absolute atomic E-state index is 12.5. The van der Waals surface area contributed by atoms with Gasteiger partial charge in [-0.05, 0) is 25.7 Å². The van der Waals surface area contributed by atoms with Gasteiger partial charge in [-0.3, -0.25) is 9.59 Å². The van der Waals surface area contributed by atoms with Crippen LogP contribution >= 0.6 is 0 Å². The number of aliphatic hydroxyl groups is 2. The van der Waals surface area contributed by atoms with Gasteiger partial charge in [0.2, 0.25) is 5.91 Å². The smallest absolute Gasteiger partial charge is 0.305 e. The van der Waals surface area contributed by atoms with Crippen LogP contribution in [0.15, 0.2) is 0 Å². The van der Waals surface area contributed by atoms with E-state index in [1.165, 1.54) is 257 Å². The molecular weight excluding hydrogens is 803 g/mol. The highest BCUT2D eigenvalue weighted by atomic mass is 16.5. The van der Waals surface area contributed by atoms with E-state index in [4.69, 9.17) is 4.74 Å². The van der Waals surface area contributed by atoms with Crippen LogP contribution in [0.2, 0.25) is 0 Å². The lowest BCUT2D eigenvalue weighted by Gasteiger charge is -2.22. The van der Waals surface area contributed by atoms with Crippen LogP contribution in [0.25, 0.3) is 0 Å². The standard InChI is InChI=1S/C59H117NO5/c1-3-5-7-9-11-13-15-17-19-20-21-22-24-27-31-35-39-43-47-51-57(62)56(55-61)60-58(63)52-48-44-40-36-32-28-25-26-30-34-38-42-46-50-54-65-59(64)53-49-45-41-37-33-29-23-18-16-14-12-10-8-6-4-2/h56-57,61-62H,3-55H2,1-2H3,(H,60,63).